The summed E-state index contributed by atoms with van der Waals surface area (Å²) in [7, 11) is 0. The molecule has 1 aromatic carbocycles. The fourth-order valence-corrected chi connectivity index (χ4v) is 5.47. The number of ether oxygens (including phenoxy) is 2. The van der Waals surface area contributed by atoms with Crippen LogP contribution in [0.3, 0.4) is 0 Å². The predicted octanol–water partition coefficient (Wildman–Crippen LogP) is 0.468. The maximum atomic E-state index is 13.1. The van der Waals surface area contributed by atoms with Gasteiger partial charge in [0.1, 0.15) is 17.4 Å². The van der Waals surface area contributed by atoms with Gasteiger partial charge in [0.2, 0.25) is 17.7 Å². The molecule has 4 rings (SSSR count). The second kappa shape index (κ2) is 15.2. The Kier molecular flexibility index (Phi) is 11.3. The summed E-state index contributed by atoms with van der Waals surface area (Å²) in [5, 5.41) is 10.6. The topological polar surface area (TPSA) is 193 Å². The van der Waals surface area contributed by atoms with Crippen LogP contribution in [0.15, 0.2) is 18.2 Å². The van der Waals surface area contributed by atoms with E-state index in [1.165, 1.54) is 18.2 Å². The third-order valence-corrected chi connectivity index (χ3v) is 7.75. The normalized spacial score (nSPS) is 18.9. The number of benzene rings is 1. The van der Waals surface area contributed by atoms with Crippen LogP contribution in [0.4, 0.5) is 4.79 Å². The van der Waals surface area contributed by atoms with Crippen molar-refractivity contribution in [1.29, 1.82) is 0 Å². The lowest BCUT2D eigenvalue weighted by atomic mass is 10.0. The number of piperidine rings is 2. The molecule has 15 nitrogen and oxygen atoms in total. The molecule has 7 amide bonds. The lowest BCUT2D eigenvalue weighted by Crippen LogP contribution is -2.54. The Hall–Kier alpha value is -4.53. The van der Waals surface area contributed by atoms with Crippen LogP contribution in [0.1, 0.15) is 80.0 Å². The standard InChI is InChI=1S/C31H42N6O9/c1-31(2,3)46-30(44)34-19-10-15-36(16-11-19)17-12-23(38)32-13-5-14-33-25(40)18-45-22-7-4-6-20-26(22)29(43)37(28(20)42)21-8-9-24(39)35-27(21)41/h4,6-7,19,21H,5,8-18H2,1-3H3,(H,32,38)(H,33,40)(H,34,44)(H,35,39,41). The van der Waals surface area contributed by atoms with Crippen LogP contribution < -0.4 is 26.0 Å². The van der Waals surface area contributed by atoms with Gasteiger partial charge in [-0.15, -0.1) is 0 Å². The van der Waals surface area contributed by atoms with Crippen LogP contribution in [0.25, 0.3) is 0 Å². The Labute approximate surface area is 267 Å². The molecule has 3 aliphatic heterocycles. The average Bonchev–Trinajstić information content (AvgIpc) is 3.24. The largest absolute Gasteiger partial charge is 0.483 e. The van der Waals surface area contributed by atoms with E-state index in [9.17, 15) is 33.6 Å². The predicted molar refractivity (Wildman–Crippen MR) is 163 cm³/mol. The van der Waals surface area contributed by atoms with E-state index in [4.69, 9.17) is 9.47 Å². The van der Waals surface area contributed by atoms with Crippen LogP contribution in [0.5, 0.6) is 5.75 Å². The van der Waals surface area contributed by atoms with Gasteiger partial charge in [0.25, 0.3) is 17.7 Å². The van der Waals surface area contributed by atoms with Crippen molar-refractivity contribution >= 4 is 41.5 Å². The zero-order valence-corrected chi connectivity index (χ0v) is 26.4. The van der Waals surface area contributed by atoms with Crippen LogP contribution in [-0.4, -0.2) is 108 Å². The van der Waals surface area contributed by atoms with Crippen molar-refractivity contribution in [3.05, 3.63) is 29.3 Å². The molecule has 1 unspecified atom stereocenters. The van der Waals surface area contributed by atoms with E-state index in [0.29, 0.717) is 25.9 Å². The van der Waals surface area contributed by atoms with E-state index in [1.54, 1.807) is 0 Å². The second-order valence-corrected chi connectivity index (χ2v) is 12.5. The zero-order chi connectivity index (χ0) is 33.4. The minimum atomic E-state index is -1.10. The molecule has 0 aliphatic carbocycles. The van der Waals surface area contributed by atoms with Gasteiger partial charge in [0, 0.05) is 51.6 Å². The van der Waals surface area contributed by atoms with Crippen LogP contribution in [-0.2, 0) is 23.9 Å². The molecule has 3 heterocycles. The van der Waals surface area contributed by atoms with E-state index in [2.05, 4.69) is 26.2 Å². The summed E-state index contributed by atoms with van der Waals surface area (Å²) in [5.41, 5.74) is -0.516. The highest BCUT2D eigenvalue weighted by atomic mass is 16.6. The molecule has 1 aromatic rings. The monoisotopic (exact) mass is 642 g/mol. The number of carbonyl (C=O) groups is 7. The zero-order valence-electron chi connectivity index (χ0n) is 26.4. The quantitative estimate of drug-likeness (QED) is 0.184. The molecule has 2 saturated heterocycles. The third-order valence-electron chi connectivity index (χ3n) is 7.75. The lowest BCUT2D eigenvalue weighted by Gasteiger charge is -2.32. The fourth-order valence-electron chi connectivity index (χ4n) is 5.47. The number of hydrogen-bond donors (Lipinski definition) is 4. The minimum Gasteiger partial charge on any atom is -0.483 e. The van der Waals surface area contributed by atoms with E-state index < -0.39 is 53.9 Å². The number of rotatable bonds is 12. The van der Waals surface area contributed by atoms with Gasteiger partial charge in [0.15, 0.2) is 6.61 Å². The molecule has 2 fully saturated rings. The van der Waals surface area contributed by atoms with Gasteiger partial charge in [0.05, 0.1) is 11.1 Å². The highest BCUT2D eigenvalue weighted by Crippen LogP contribution is 2.33. The van der Waals surface area contributed by atoms with Gasteiger partial charge >= 0.3 is 6.09 Å². The van der Waals surface area contributed by atoms with Crippen molar-refractivity contribution in [3.8, 4) is 5.75 Å². The first-order chi connectivity index (χ1) is 21.8. The van der Waals surface area contributed by atoms with Gasteiger partial charge in [-0.3, -0.25) is 39.0 Å². The van der Waals surface area contributed by atoms with E-state index in [0.717, 1.165) is 30.8 Å². The Morgan fingerprint density at radius 3 is 2.33 bits per heavy atom. The molecular formula is C31H42N6O9. The molecule has 0 saturated carbocycles. The summed E-state index contributed by atoms with van der Waals surface area (Å²) < 4.78 is 10.9. The summed E-state index contributed by atoms with van der Waals surface area (Å²) in [6.45, 7) is 7.88. The summed E-state index contributed by atoms with van der Waals surface area (Å²) in [6.07, 6.45) is 2.03. The number of imide groups is 2. The van der Waals surface area contributed by atoms with Gasteiger partial charge in [-0.2, -0.15) is 0 Å². The Bertz CT molecular complexity index is 1370. The first-order valence-electron chi connectivity index (χ1n) is 15.5. The van der Waals surface area contributed by atoms with Crippen LogP contribution in [0, 0.1) is 0 Å². The first-order valence-corrected chi connectivity index (χ1v) is 15.5. The summed E-state index contributed by atoms with van der Waals surface area (Å²) in [4.78, 5) is 89.4. The minimum absolute atomic E-state index is 0.00791. The maximum Gasteiger partial charge on any atom is 0.407 e. The van der Waals surface area contributed by atoms with Crippen LogP contribution in [0.2, 0.25) is 0 Å². The van der Waals surface area contributed by atoms with Gasteiger partial charge in [-0.1, -0.05) is 6.07 Å². The number of amides is 7. The number of likely N-dealkylation sites (tertiary alicyclic amines) is 1. The average molecular weight is 643 g/mol. The van der Waals surface area contributed by atoms with Crippen molar-refractivity contribution in [2.75, 3.05) is 39.3 Å². The Balaban J connectivity index is 1.10. The van der Waals surface area contributed by atoms with E-state index in [1.807, 2.05) is 20.8 Å². The lowest BCUT2D eigenvalue weighted by molar-refractivity contribution is -0.136. The highest BCUT2D eigenvalue weighted by molar-refractivity contribution is 6.24. The molecule has 0 bridgehead atoms. The molecule has 250 valence electrons. The molecule has 46 heavy (non-hydrogen) atoms. The molecule has 0 aromatic heterocycles. The van der Waals surface area contributed by atoms with Crippen molar-refractivity contribution in [2.45, 2.75) is 77.0 Å². The number of nitrogens with zero attached hydrogens (tertiary/aromatic N) is 2. The molecule has 4 N–H and O–H groups in total. The van der Waals surface area contributed by atoms with Crippen molar-refractivity contribution in [3.63, 3.8) is 0 Å². The number of nitrogens with one attached hydrogen (secondary N) is 4. The SMILES string of the molecule is CC(C)(C)OC(=O)NC1CCN(CCC(=O)NCCCNC(=O)COc2cccc3c2C(=O)N(C2CCC(=O)NC2=O)C3=O)CC1. The van der Waals surface area contributed by atoms with Crippen molar-refractivity contribution in [1.82, 2.24) is 31.1 Å². The number of fused-ring (bicyclic) bond motifs is 1. The van der Waals surface area contributed by atoms with E-state index in [-0.39, 0.29) is 48.2 Å². The van der Waals surface area contributed by atoms with Crippen molar-refractivity contribution < 1.29 is 43.0 Å². The first kappa shape index (κ1) is 34.3. The molecule has 0 spiro atoms. The summed E-state index contributed by atoms with van der Waals surface area (Å²) in [5.74, 6) is -3.06. The van der Waals surface area contributed by atoms with Gasteiger partial charge < -0.3 is 30.3 Å². The van der Waals surface area contributed by atoms with Crippen LogP contribution >= 0.6 is 0 Å². The molecule has 3 aliphatic rings. The van der Waals surface area contributed by atoms with Gasteiger partial charge in [-0.25, -0.2) is 4.79 Å². The number of carbonyl (C=O) groups excluding carboxylic acids is 7. The third kappa shape index (κ3) is 9.25. The van der Waals surface area contributed by atoms with E-state index >= 15 is 0 Å². The fraction of sp³-hybridized carbons (Fsp3) is 0.581. The summed E-state index contributed by atoms with van der Waals surface area (Å²) in [6, 6.07) is 3.37. The Morgan fingerprint density at radius 1 is 0.957 bits per heavy atom. The number of hydrogen-bond acceptors (Lipinski definition) is 10. The van der Waals surface area contributed by atoms with Gasteiger partial charge in [-0.05, 0) is 58.6 Å². The maximum absolute atomic E-state index is 13.1. The van der Waals surface area contributed by atoms with Crippen molar-refractivity contribution in [2.24, 2.45) is 0 Å². The Morgan fingerprint density at radius 2 is 1.65 bits per heavy atom. The molecular weight excluding hydrogens is 600 g/mol. The molecule has 1 atom stereocenters. The number of alkyl carbamates (subject to hydrolysis) is 1. The summed E-state index contributed by atoms with van der Waals surface area (Å²) >= 11 is 0. The molecule has 15 heteroatoms. The second-order valence-electron chi connectivity index (χ2n) is 12.5. The molecule has 0 radical (unpaired) electrons. The highest BCUT2D eigenvalue weighted by Gasteiger charge is 2.46. The smallest absolute Gasteiger partial charge is 0.407 e.